The van der Waals surface area contributed by atoms with Crippen LogP contribution < -0.4 is 9.47 Å². The number of hydrogen-bond acceptors (Lipinski definition) is 4. The average molecular weight is 999 g/mol. The van der Waals surface area contributed by atoms with E-state index in [1.54, 1.807) is 14.2 Å². The molecule has 0 saturated carbocycles. The Kier molecular flexibility index (Phi) is 12.2. The summed E-state index contributed by atoms with van der Waals surface area (Å²) in [6, 6.07) is 48.7. The fraction of sp³-hybridized carbons (Fsp3) is 0.257. The molecule has 0 aliphatic carbocycles. The van der Waals surface area contributed by atoms with Crippen molar-refractivity contribution in [2.45, 2.75) is 105 Å². The molecular weight excluding hydrogens is 929 g/mol. The van der Waals surface area contributed by atoms with Crippen LogP contribution in [0.4, 0.5) is 0 Å². The van der Waals surface area contributed by atoms with Crippen molar-refractivity contribution in [3.63, 3.8) is 0 Å². The van der Waals surface area contributed by atoms with E-state index in [4.69, 9.17) is 19.4 Å². The number of H-pyrrole nitrogens is 2. The van der Waals surface area contributed by atoms with Gasteiger partial charge in [0.05, 0.1) is 37.0 Å². The lowest BCUT2D eigenvalue weighted by molar-refractivity contribution is 0.419. The first-order chi connectivity index (χ1) is 36.1. The number of fused-ring (bicyclic) bond motifs is 10. The van der Waals surface area contributed by atoms with Crippen molar-refractivity contribution < 1.29 is 9.47 Å². The first-order valence-electron chi connectivity index (χ1n) is 26.7. The van der Waals surface area contributed by atoms with E-state index in [0.717, 1.165) is 122 Å². The SMILES string of the molecule is COc1cccc2c(-c3c4nc(c(-c5cc(C(C)(C)C)cc(C(C)(C)C)c5)c5ccc([nH]5)c(-c5ccccc5)c5nc(c(-c6cc(C(C)(C)C)cc(C(C)(C)C)c6)c6ccc3[nH]6)C=C5)C=C4)c3cccc(OC)c3cc12. The minimum atomic E-state index is -0.113. The van der Waals surface area contributed by atoms with E-state index < -0.39 is 0 Å². The third kappa shape index (κ3) is 9.01. The van der Waals surface area contributed by atoms with Crippen molar-refractivity contribution in [3.8, 4) is 56.0 Å². The zero-order valence-electron chi connectivity index (χ0n) is 46.7. The first-order valence-corrected chi connectivity index (χ1v) is 26.7. The third-order valence-electron chi connectivity index (χ3n) is 15.4. The van der Waals surface area contributed by atoms with Crippen LogP contribution in [0.25, 0.3) is 112 Å². The maximum absolute atomic E-state index is 6.14. The molecule has 382 valence electrons. The highest BCUT2D eigenvalue weighted by Gasteiger charge is 2.27. The summed E-state index contributed by atoms with van der Waals surface area (Å²) in [5, 5.41) is 4.05. The molecule has 0 saturated heterocycles. The van der Waals surface area contributed by atoms with Crippen molar-refractivity contribution in [1.82, 2.24) is 19.9 Å². The summed E-state index contributed by atoms with van der Waals surface area (Å²) in [5.41, 5.74) is 20.2. The van der Waals surface area contributed by atoms with E-state index in [1.807, 2.05) is 12.1 Å². The molecule has 76 heavy (non-hydrogen) atoms. The van der Waals surface area contributed by atoms with Crippen LogP contribution in [0.1, 0.15) is 128 Å². The van der Waals surface area contributed by atoms with Crippen molar-refractivity contribution >= 4 is 67.9 Å². The third-order valence-corrected chi connectivity index (χ3v) is 15.4. The highest BCUT2D eigenvalue weighted by atomic mass is 16.5. The van der Waals surface area contributed by atoms with Crippen LogP contribution in [0, 0.1) is 0 Å². The van der Waals surface area contributed by atoms with Gasteiger partial charge in [-0.3, -0.25) is 0 Å². The molecule has 11 rings (SSSR count). The van der Waals surface area contributed by atoms with Crippen LogP contribution in [-0.2, 0) is 21.7 Å². The summed E-state index contributed by atoms with van der Waals surface area (Å²) < 4.78 is 12.3. The number of nitrogens with one attached hydrogen (secondary N) is 2. The maximum atomic E-state index is 6.14. The molecule has 2 aliphatic heterocycles. The number of rotatable bonds is 6. The Bertz CT molecular complexity index is 3840. The predicted molar refractivity (Wildman–Crippen MR) is 324 cm³/mol. The number of aromatic amines is 2. The highest BCUT2D eigenvalue weighted by Crippen LogP contribution is 2.47. The monoisotopic (exact) mass is 999 g/mol. The second-order valence-corrected chi connectivity index (χ2v) is 24.8. The zero-order chi connectivity index (χ0) is 53.6. The van der Waals surface area contributed by atoms with Gasteiger partial charge < -0.3 is 19.4 Å². The van der Waals surface area contributed by atoms with Gasteiger partial charge in [0.2, 0.25) is 0 Å². The number of ether oxygens (including phenoxy) is 2. The van der Waals surface area contributed by atoms with Crippen LogP contribution in [0.5, 0.6) is 11.5 Å². The number of aromatic nitrogens is 4. The first kappa shape index (κ1) is 50.2. The molecule has 6 aromatic carbocycles. The summed E-state index contributed by atoms with van der Waals surface area (Å²) >= 11 is 0. The number of nitrogens with zero attached hydrogens (tertiary/aromatic N) is 2. The molecule has 0 radical (unpaired) electrons. The fourth-order valence-corrected chi connectivity index (χ4v) is 11.0. The molecule has 0 unspecified atom stereocenters. The Morgan fingerprint density at radius 2 is 0.658 bits per heavy atom. The number of methoxy groups -OCH3 is 2. The van der Waals surface area contributed by atoms with Gasteiger partial charge in [0.25, 0.3) is 0 Å². The van der Waals surface area contributed by atoms with Gasteiger partial charge in [-0.1, -0.05) is 174 Å². The Morgan fingerprint density at radius 3 is 1.01 bits per heavy atom. The van der Waals surface area contributed by atoms with E-state index in [2.05, 4.69) is 239 Å². The smallest absolute Gasteiger partial charge is 0.126 e. The van der Waals surface area contributed by atoms with Gasteiger partial charge in [-0.25, -0.2) is 9.97 Å². The average Bonchev–Trinajstić information content (AvgIpc) is 4.27. The van der Waals surface area contributed by atoms with Crippen molar-refractivity contribution in [2.24, 2.45) is 0 Å². The lowest BCUT2D eigenvalue weighted by atomic mass is 9.78. The molecule has 2 N–H and O–H groups in total. The van der Waals surface area contributed by atoms with Gasteiger partial charge in [0.1, 0.15) is 11.5 Å². The van der Waals surface area contributed by atoms with Crippen LogP contribution in [0.2, 0.25) is 0 Å². The molecule has 6 heteroatoms. The molecule has 3 aromatic heterocycles. The molecule has 0 fully saturated rings. The predicted octanol–water partition coefficient (Wildman–Crippen LogP) is 18.8. The van der Waals surface area contributed by atoms with Crippen LogP contribution >= 0.6 is 0 Å². The Balaban J connectivity index is 1.39. The second kappa shape index (κ2) is 18.4. The van der Waals surface area contributed by atoms with Gasteiger partial charge in [0.15, 0.2) is 0 Å². The molecule has 9 aromatic rings. The molecule has 2 aliphatic rings. The van der Waals surface area contributed by atoms with E-state index in [0.29, 0.717) is 0 Å². The molecule has 0 spiro atoms. The number of hydrogen-bond donors (Lipinski definition) is 2. The van der Waals surface area contributed by atoms with Gasteiger partial charge in [-0.05, 0) is 138 Å². The van der Waals surface area contributed by atoms with Crippen LogP contribution in [-0.4, -0.2) is 34.2 Å². The minimum Gasteiger partial charge on any atom is -0.496 e. The zero-order valence-corrected chi connectivity index (χ0v) is 46.7. The summed E-state index contributed by atoms with van der Waals surface area (Å²) in [7, 11) is 3.48. The number of benzene rings is 6. The van der Waals surface area contributed by atoms with Gasteiger partial charge in [-0.2, -0.15) is 0 Å². The molecule has 6 nitrogen and oxygen atoms in total. The lowest BCUT2D eigenvalue weighted by Crippen LogP contribution is -2.16. The Labute approximate surface area is 448 Å². The minimum absolute atomic E-state index is 0.113. The summed E-state index contributed by atoms with van der Waals surface area (Å²) in [6.07, 6.45) is 8.80. The van der Waals surface area contributed by atoms with Crippen LogP contribution in [0.15, 0.2) is 133 Å². The topological polar surface area (TPSA) is 75.8 Å². The van der Waals surface area contributed by atoms with Gasteiger partial charge in [0, 0.05) is 60.7 Å². The normalized spacial score (nSPS) is 13.0. The largest absolute Gasteiger partial charge is 0.496 e. The van der Waals surface area contributed by atoms with Crippen molar-refractivity contribution in [3.05, 3.63) is 178 Å². The molecular formula is C70H70N4O2. The van der Waals surface area contributed by atoms with E-state index in [9.17, 15) is 0 Å². The van der Waals surface area contributed by atoms with Crippen molar-refractivity contribution in [2.75, 3.05) is 14.2 Å². The van der Waals surface area contributed by atoms with Gasteiger partial charge >= 0.3 is 0 Å². The molecule has 5 heterocycles. The maximum Gasteiger partial charge on any atom is 0.126 e. The van der Waals surface area contributed by atoms with Crippen molar-refractivity contribution in [1.29, 1.82) is 0 Å². The van der Waals surface area contributed by atoms with E-state index in [1.165, 1.54) is 22.3 Å². The molecule has 8 bridgehead atoms. The summed E-state index contributed by atoms with van der Waals surface area (Å²) in [6.45, 7) is 27.6. The van der Waals surface area contributed by atoms with E-state index in [-0.39, 0.29) is 21.7 Å². The van der Waals surface area contributed by atoms with Crippen LogP contribution in [0.3, 0.4) is 0 Å². The second-order valence-electron chi connectivity index (χ2n) is 24.8. The molecule has 0 amide bonds. The fourth-order valence-electron chi connectivity index (χ4n) is 11.0. The van der Waals surface area contributed by atoms with E-state index >= 15 is 0 Å². The summed E-state index contributed by atoms with van der Waals surface area (Å²) in [4.78, 5) is 19.7. The quantitative estimate of drug-likeness (QED) is 0.163. The molecule has 0 atom stereocenters. The highest BCUT2D eigenvalue weighted by molar-refractivity contribution is 6.18. The standard InChI is InChI=1S/C70H70N4O2/c1-67(2,3)44-34-42(35-45(38-44)68(4,5)6)63-54-28-26-52(71-54)62(41-20-16-15-17-21-41)53-27-29-55(72-53)64(43-36-46(69(7,8)9)39-47(37-43)70(10,11)12)57-31-33-59(74-57)66(58-32-30-56(63)73-58)65-48-22-18-24-60(75-13)50(48)40-51-49(65)23-19-25-61(51)76-14/h15-40,71,74H,1-14H3. The van der Waals surface area contributed by atoms with Gasteiger partial charge in [-0.15, -0.1) is 0 Å². The Morgan fingerprint density at radius 1 is 0.316 bits per heavy atom. The summed E-state index contributed by atoms with van der Waals surface area (Å²) in [5.74, 6) is 1.56. The Hall–Kier alpha value is -7.96. The lowest BCUT2D eigenvalue weighted by Gasteiger charge is -2.26.